The number of carbonyl (C=O) groups is 1. The Morgan fingerprint density at radius 1 is 1.00 bits per heavy atom. The van der Waals surface area contributed by atoms with Gasteiger partial charge in [0.15, 0.2) is 17.9 Å². The number of imidazole rings is 1. The third-order valence-corrected chi connectivity index (χ3v) is 4.93. The van der Waals surface area contributed by atoms with E-state index in [4.69, 9.17) is 0 Å². The number of nitrogens with one attached hydrogen (secondary N) is 3. The molecule has 5 nitrogen and oxygen atoms in total. The van der Waals surface area contributed by atoms with E-state index in [1.54, 1.807) is 28.8 Å². The molecule has 3 heterocycles. The van der Waals surface area contributed by atoms with E-state index in [-0.39, 0.29) is 11.7 Å². The molecular weight excluding hydrogens is 367 g/mol. The van der Waals surface area contributed by atoms with Crippen LogP contribution in [0.2, 0.25) is 0 Å². The van der Waals surface area contributed by atoms with E-state index in [2.05, 4.69) is 15.3 Å². The molecule has 2 aromatic carbocycles. The van der Waals surface area contributed by atoms with Crippen molar-refractivity contribution in [2.24, 2.45) is 0 Å². The Bertz CT molecular complexity index is 1370. The van der Waals surface area contributed by atoms with E-state index in [9.17, 15) is 9.18 Å². The number of halogens is 1. The molecule has 5 aromatic rings. The number of amides is 1. The first-order valence-corrected chi connectivity index (χ1v) is 9.20. The molecule has 29 heavy (non-hydrogen) atoms. The normalized spacial score (nSPS) is 11.1. The van der Waals surface area contributed by atoms with Crippen LogP contribution in [0.5, 0.6) is 0 Å². The van der Waals surface area contributed by atoms with Gasteiger partial charge in [0, 0.05) is 22.5 Å². The van der Waals surface area contributed by atoms with Gasteiger partial charge in [-0.2, -0.15) is 4.40 Å². The number of H-pyrrole nitrogens is 2. The summed E-state index contributed by atoms with van der Waals surface area (Å²) in [4.78, 5) is 19.3. The Hall–Kier alpha value is -4.06. The lowest BCUT2D eigenvalue weighted by Gasteiger charge is -2.05. The zero-order valence-corrected chi connectivity index (χ0v) is 15.3. The summed E-state index contributed by atoms with van der Waals surface area (Å²) in [5, 5.41) is 4.90. The highest BCUT2D eigenvalue weighted by Crippen LogP contribution is 2.24. The van der Waals surface area contributed by atoms with Gasteiger partial charge in [-0.15, -0.1) is 0 Å². The largest absolute Gasteiger partial charge is 0.318 e. The highest BCUT2D eigenvalue weighted by molar-refractivity contribution is 6.10. The van der Waals surface area contributed by atoms with Gasteiger partial charge in [0.2, 0.25) is 5.69 Å². The molecule has 0 spiro atoms. The standard InChI is InChI=1S/C23H15FN4O/c24-18-8-2-1-7-17(18)22-27-21(20-10-3-4-13-28(20)22)23(29)26-19-9-5-6-15-14-25-12-11-16(15)19/h1-14H,(H,26,29)/p+2. The van der Waals surface area contributed by atoms with Crippen molar-refractivity contribution in [2.45, 2.75) is 0 Å². The van der Waals surface area contributed by atoms with Crippen molar-refractivity contribution in [3.05, 3.63) is 96.8 Å². The third-order valence-electron chi connectivity index (χ3n) is 4.93. The number of pyridine rings is 2. The van der Waals surface area contributed by atoms with E-state index in [1.807, 2.05) is 54.9 Å². The molecular formula is C23H17FN4O+2. The molecule has 0 fully saturated rings. The third kappa shape index (κ3) is 2.91. The second-order valence-corrected chi connectivity index (χ2v) is 6.69. The number of rotatable bonds is 3. The molecule has 0 unspecified atom stereocenters. The zero-order valence-electron chi connectivity index (χ0n) is 15.3. The van der Waals surface area contributed by atoms with E-state index < -0.39 is 0 Å². The summed E-state index contributed by atoms with van der Waals surface area (Å²) in [7, 11) is 0. The maximum atomic E-state index is 14.4. The van der Waals surface area contributed by atoms with Crippen LogP contribution in [0.25, 0.3) is 27.7 Å². The van der Waals surface area contributed by atoms with Crippen molar-refractivity contribution < 1.29 is 18.6 Å². The number of hydrogen-bond acceptors (Lipinski definition) is 1. The quantitative estimate of drug-likeness (QED) is 0.457. The molecule has 0 bridgehead atoms. The molecule has 6 heteroatoms. The number of fused-ring (bicyclic) bond motifs is 2. The van der Waals surface area contributed by atoms with E-state index in [1.165, 1.54) is 6.07 Å². The molecule has 5 rings (SSSR count). The summed E-state index contributed by atoms with van der Waals surface area (Å²) in [5.74, 6) is -0.141. The molecule has 0 saturated heterocycles. The predicted molar refractivity (Wildman–Crippen MR) is 108 cm³/mol. The Morgan fingerprint density at radius 2 is 1.86 bits per heavy atom. The van der Waals surface area contributed by atoms with Gasteiger partial charge in [-0.1, -0.05) is 24.3 Å². The maximum absolute atomic E-state index is 14.4. The second kappa shape index (κ2) is 6.83. The smallest absolute Gasteiger partial charge is 0.300 e. The highest BCUT2D eigenvalue weighted by atomic mass is 19.1. The maximum Gasteiger partial charge on any atom is 0.300 e. The fourth-order valence-corrected chi connectivity index (χ4v) is 3.57. The van der Waals surface area contributed by atoms with Crippen molar-refractivity contribution in [3.63, 3.8) is 0 Å². The number of carbonyl (C=O) groups excluding carboxylic acids is 1. The Morgan fingerprint density at radius 3 is 2.76 bits per heavy atom. The van der Waals surface area contributed by atoms with Crippen LogP contribution in [-0.2, 0) is 0 Å². The highest BCUT2D eigenvalue weighted by Gasteiger charge is 2.26. The molecule has 3 N–H and O–H groups in total. The topological polar surface area (TPSA) is 63.1 Å². The van der Waals surface area contributed by atoms with Crippen molar-refractivity contribution >= 4 is 27.9 Å². The monoisotopic (exact) mass is 384 g/mol. The van der Waals surface area contributed by atoms with Crippen LogP contribution >= 0.6 is 0 Å². The van der Waals surface area contributed by atoms with Crippen molar-refractivity contribution in [2.75, 3.05) is 5.32 Å². The summed E-state index contributed by atoms with van der Waals surface area (Å²) in [5.41, 5.74) is 2.13. The fraction of sp³-hybridized carbons (Fsp3) is 0. The molecule has 0 aliphatic rings. The van der Waals surface area contributed by atoms with Crippen molar-refractivity contribution in [1.29, 1.82) is 0 Å². The molecule has 140 valence electrons. The predicted octanol–water partition coefficient (Wildman–Crippen LogP) is 3.78. The van der Waals surface area contributed by atoms with E-state index in [0.29, 0.717) is 28.3 Å². The first-order chi connectivity index (χ1) is 14.2. The Balaban J connectivity index is 1.62. The van der Waals surface area contributed by atoms with Gasteiger partial charge in [-0.3, -0.25) is 4.79 Å². The number of benzene rings is 2. The number of hydrogen-bond donors (Lipinski definition) is 2. The van der Waals surface area contributed by atoms with Crippen molar-refractivity contribution in [1.82, 2.24) is 4.98 Å². The lowest BCUT2D eigenvalue weighted by atomic mass is 10.1. The summed E-state index contributed by atoms with van der Waals surface area (Å²) in [6, 6.07) is 19.6. The number of anilines is 1. The van der Waals surface area contributed by atoms with Gasteiger partial charge in [0.05, 0.1) is 6.20 Å². The molecule has 0 saturated carbocycles. The molecule has 0 aliphatic heterocycles. The summed E-state index contributed by atoms with van der Waals surface area (Å²) >= 11 is 0. The number of aromatic nitrogens is 3. The zero-order chi connectivity index (χ0) is 19.8. The second-order valence-electron chi connectivity index (χ2n) is 6.69. The van der Waals surface area contributed by atoms with Gasteiger partial charge in [-0.25, -0.2) is 14.4 Å². The Kier molecular flexibility index (Phi) is 4.02. The minimum atomic E-state index is -0.357. The van der Waals surface area contributed by atoms with Gasteiger partial charge < -0.3 is 5.32 Å². The van der Waals surface area contributed by atoms with Crippen LogP contribution in [0.1, 0.15) is 10.5 Å². The van der Waals surface area contributed by atoms with Crippen molar-refractivity contribution in [3.8, 4) is 11.4 Å². The Labute approximate surface area is 165 Å². The average molecular weight is 384 g/mol. The van der Waals surface area contributed by atoms with Gasteiger partial charge >= 0.3 is 0 Å². The lowest BCUT2D eigenvalue weighted by Crippen LogP contribution is -2.22. The minimum Gasteiger partial charge on any atom is -0.318 e. The van der Waals surface area contributed by atoms with E-state index >= 15 is 0 Å². The van der Waals surface area contributed by atoms with Crippen LogP contribution < -0.4 is 14.7 Å². The summed E-state index contributed by atoms with van der Waals surface area (Å²) < 4.78 is 16.2. The summed E-state index contributed by atoms with van der Waals surface area (Å²) in [6.45, 7) is 0. The molecule has 0 atom stereocenters. The molecule has 0 aliphatic carbocycles. The van der Waals surface area contributed by atoms with Crippen LogP contribution in [0, 0.1) is 5.82 Å². The fourth-order valence-electron chi connectivity index (χ4n) is 3.57. The van der Waals surface area contributed by atoms with Gasteiger partial charge in [0.1, 0.15) is 11.4 Å². The van der Waals surface area contributed by atoms with Crippen LogP contribution in [0.3, 0.4) is 0 Å². The first kappa shape index (κ1) is 17.1. The van der Waals surface area contributed by atoms with E-state index in [0.717, 1.165) is 10.8 Å². The SMILES string of the molecule is O=C(Nc1cccc2c[nH+]ccc12)c1[nH]c(-c2ccccc2F)[n+]2ccccc12. The summed E-state index contributed by atoms with van der Waals surface area (Å²) in [6.07, 6.45) is 5.49. The van der Waals surface area contributed by atoms with Crippen LogP contribution in [0.4, 0.5) is 10.1 Å². The first-order valence-electron chi connectivity index (χ1n) is 9.20. The lowest BCUT2D eigenvalue weighted by molar-refractivity contribution is -0.498. The molecule has 0 radical (unpaired) electrons. The van der Waals surface area contributed by atoms with Gasteiger partial charge in [-0.05, 0) is 36.4 Å². The average Bonchev–Trinajstić information content (AvgIpc) is 3.14. The van der Waals surface area contributed by atoms with Crippen LogP contribution in [0.15, 0.2) is 85.3 Å². The molecule has 1 amide bonds. The minimum absolute atomic E-state index is 0.295. The number of nitrogens with zero attached hydrogens (tertiary/aromatic N) is 1. The van der Waals surface area contributed by atoms with Gasteiger partial charge in [0.25, 0.3) is 11.7 Å². The number of aromatic amines is 2. The molecule has 3 aromatic heterocycles. The van der Waals surface area contributed by atoms with Crippen LogP contribution in [-0.4, -0.2) is 10.9 Å².